The van der Waals surface area contributed by atoms with Gasteiger partial charge in [-0.3, -0.25) is 14.5 Å². The van der Waals surface area contributed by atoms with E-state index in [0.29, 0.717) is 20.8 Å². The molecule has 1 fully saturated rings. The third kappa shape index (κ3) is 3.68. The van der Waals surface area contributed by atoms with Crippen molar-refractivity contribution in [2.75, 3.05) is 7.05 Å². The van der Waals surface area contributed by atoms with Crippen molar-refractivity contribution in [2.24, 2.45) is 0 Å². The fourth-order valence-electron chi connectivity index (χ4n) is 1.79. The summed E-state index contributed by atoms with van der Waals surface area (Å²) in [6.07, 6.45) is 1.57. The van der Waals surface area contributed by atoms with Crippen LogP contribution in [0.25, 0.3) is 6.08 Å². The van der Waals surface area contributed by atoms with Gasteiger partial charge in [-0.25, -0.2) is 0 Å². The Morgan fingerprint density at radius 2 is 2.00 bits per heavy atom. The molecule has 0 N–H and O–H groups in total. The minimum atomic E-state index is -0.320. The molecule has 4 nitrogen and oxygen atoms in total. The normalized spacial score (nSPS) is 16.7. The lowest BCUT2D eigenvalue weighted by molar-refractivity contribution is -0.121. The van der Waals surface area contributed by atoms with Gasteiger partial charge in [0.25, 0.3) is 11.1 Å². The van der Waals surface area contributed by atoms with Gasteiger partial charge in [0.1, 0.15) is 5.76 Å². The van der Waals surface area contributed by atoms with E-state index in [1.165, 1.54) is 18.8 Å². The van der Waals surface area contributed by atoms with Crippen molar-refractivity contribution in [1.82, 2.24) is 4.90 Å². The number of imide groups is 1. The molecule has 1 saturated heterocycles. The summed E-state index contributed by atoms with van der Waals surface area (Å²) in [6.45, 7) is 0. The first kappa shape index (κ1) is 16.7. The van der Waals surface area contributed by atoms with Crippen LogP contribution in [0.3, 0.4) is 0 Å². The summed E-state index contributed by atoms with van der Waals surface area (Å²) < 4.78 is 6.52. The smallest absolute Gasteiger partial charge is 0.293 e. The second-order valence-corrected chi connectivity index (χ2v) is 7.91. The number of furan rings is 1. The molecule has 0 atom stereocenters. The fraction of sp³-hybridized carbons (Fsp3) is 0.0667. The Bertz CT molecular complexity index is 817. The minimum Gasteiger partial charge on any atom is -0.449 e. The van der Waals surface area contributed by atoms with E-state index in [1.54, 1.807) is 24.3 Å². The van der Waals surface area contributed by atoms with E-state index < -0.39 is 0 Å². The van der Waals surface area contributed by atoms with Crippen LogP contribution in [-0.2, 0) is 4.79 Å². The Kier molecular flexibility index (Phi) is 4.91. The molecule has 0 aliphatic carbocycles. The Balaban J connectivity index is 1.83. The second kappa shape index (κ2) is 6.76. The number of amides is 2. The molecule has 2 aromatic rings. The van der Waals surface area contributed by atoms with Gasteiger partial charge < -0.3 is 4.42 Å². The van der Waals surface area contributed by atoms with Crippen LogP contribution in [-0.4, -0.2) is 23.1 Å². The van der Waals surface area contributed by atoms with Gasteiger partial charge in [-0.2, -0.15) is 0 Å². The molecule has 118 valence electrons. The summed E-state index contributed by atoms with van der Waals surface area (Å²) in [5, 5.41) is 1.04. The highest BCUT2D eigenvalue weighted by Gasteiger charge is 2.32. The number of thioether (sulfide) groups is 1. The van der Waals surface area contributed by atoms with Gasteiger partial charge in [0.15, 0.2) is 5.09 Å². The van der Waals surface area contributed by atoms with Crippen molar-refractivity contribution in [2.45, 2.75) is 9.99 Å². The Morgan fingerprint density at radius 1 is 1.30 bits per heavy atom. The number of likely N-dealkylation sites (N-methyl/N-ethyl adjacent to an activating group) is 1. The zero-order chi connectivity index (χ0) is 16.6. The molecule has 0 radical (unpaired) electrons. The molecular formula is C15H9BrClNO3S2. The van der Waals surface area contributed by atoms with Crippen LogP contribution in [0.4, 0.5) is 4.79 Å². The highest BCUT2D eigenvalue weighted by atomic mass is 79.9. The van der Waals surface area contributed by atoms with Gasteiger partial charge in [-0.1, -0.05) is 23.4 Å². The highest BCUT2D eigenvalue weighted by Crippen LogP contribution is 2.38. The Morgan fingerprint density at radius 3 is 2.61 bits per heavy atom. The van der Waals surface area contributed by atoms with E-state index in [2.05, 4.69) is 15.9 Å². The molecule has 1 aromatic carbocycles. The van der Waals surface area contributed by atoms with Crippen molar-refractivity contribution < 1.29 is 14.0 Å². The molecule has 0 spiro atoms. The van der Waals surface area contributed by atoms with E-state index in [1.807, 2.05) is 12.1 Å². The largest absolute Gasteiger partial charge is 0.449 e. The monoisotopic (exact) mass is 429 g/mol. The van der Waals surface area contributed by atoms with Crippen molar-refractivity contribution in [3.8, 4) is 0 Å². The first-order chi connectivity index (χ1) is 10.9. The van der Waals surface area contributed by atoms with Crippen LogP contribution >= 0.6 is 51.1 Å². The lowest BCUT2D eigenvalue weighted by atomic mass is 10.4. The molecule has 1 aliphatic rings. The van der Waals surface area contributed by atoms with Crippen molar-refractivity contribution >= 4 is 68.3 Å². The SMILES string of the molecule is CN1C(=O)S/C(=C/c2cc(Br)c(Sc3ccc(Cl)cc3)o2)C1=O. The van der Waals surface area contributed by atoms with Crippen LogP contribution < -0.4 is 0 Å². The van der Waals surface area contributed by atoms with E-state index in [-0.39, 0.29) is 11.1 Å². The van der Waals surface area contributed by atoms with Crippen molar-refractivity contribution in [3.63, 3.8) is 0 Å². The topological polar surface area (TPSA) is 50.5 Å². The number of nitrogens with zero attached hydrogens (tertiary/aromatic N) is 1. The molecule has 23 heavy (non-hydrogen) atoms. The quantitative estimate of drug-likeness (QED) is 0.601. The number of hydrogen-bond donors (Lipinski definition) is 0. The van der Waals surface area contributed by atoms with Gasteiger partial charge in [-0.05, 0) is 58.0 Å². The third-order valence-corrected chi connectivity index (χ3v) is 6.02. The van der Waals surface area contributed by atoms with E-state index >= 15 is 0 Å². The third-order valence-electron chi connectivity index (χ3n) is 2.96. The summed E-state index contributed by atoms with van der Waals surface area (Å²) in [4.78, 5) is 25.8. The van der Waals surface area contributed by atoms with Gasteiger partial charge in [-0.15, -0.1) is 0 Å². The molecule has 1 aromatic heterocycles. The average Bonchev–Trinajstić information content (AvgIpc) is 2.97. The molecule has 3 rings (SSSR count). The van der Waals surface area contributed by atoms with Crippen LogP contribution in [0.2, 0.25) is 5.02 Å². The molecule has 0 saturated carbocycles. The molecule has 0 bridgehead atoms. The summed E-state index contributed by atoms with van der Waals surface area (Å²) in [5.74, 6) is 0.187. The maximum absolute atomic E-state index is 11.9. The van der Waals surface area contributed by atoms with E-state index in [0.717, 1.165) is 26.0 Å². The molecular weight excluding hydrogens is 422 g/mol. The molecule has 2 heterocycles. The Hall–Kier alpha value is -1.15. The standard InChI is InChI=1S/C15H9BrClNO3S2/c1-18-13(19)12(23-15(18)20)7-9-6-11(16)14(21-9)22-10-4-2-8(17)3-5-10/h2-7H,1H3/b12-7+. The van der Waals surface area contributed by atoms with Crippen molar-refractivity contribution in [3.05, 3.63) is 50.5 Å². The number of benzene rings is 1. The van der Waals surface area contributed by atoms with Gasteiger partial charge >= 0.3 is 0 Å². The molecule has 1 aliphatic heterocycles. The summed E-state index contributed by atoms with van der Waals surface area (Å²) in [5.41, 5.74) is 0. The first-order valence-electron chi connectivity index (χ1n) is 6.38. The zero-order valence-corrected chi connectivity index (χ0v) is 15.7. The lowest BCUT2D eigenvalue weighted by Crippen LogP contribution is -2.22. The van der Waals surface area contributed by atoms with Crippen molar-refractivity contribution in [1.29, 1.82) is 0 Å². The van der Waals surface area contributed by atoms with Crippen LogP contribution in [0.1, 0.15) is 5.76 Å². The van der Waals surface area contributed by atoms with Crippen LogP contribution in [0.5, 0.6) is 0 Å². The summed E-state index contributed by atoms with van der Waals surface area (Å²) in [7, 11) is 1.46. The van der Waals surface area contributed by atoms with E-state index in [9.17, 15) is 9.59 Å². The van der Waals surface area contributed by atoms with Crippen LogP contribution in [0.15, 0.2) is 54.1 Å². The maximum atomic E-state index is 11.9. The zero-order valence-electron chi connectivity index (χ0n) is 11.7. The number of rotatable bonds is 3. The van der Waals surface area contributed by atoms with E-state index in [4.69, 9.17) is 16.0 Å². The molecule has 2 amide bonds. The second-order valence-electron chi connectivity index (χ2n) is 4.58. The van der Waals surface area contributed by atoms with Gasteiger partial charge in [0.2, 0.25) is 0 Å². The molecule has 0 unspecified atom stereocenters. The number of carbonyl (C=O) groups is 2. The van der Waals surface area contributed by atoms with Gasteiger partial charge in [0.05, 0.1) is 9.38 Å². The summed E-state index contributed by atoms with van der Waals surface area (Å²) >= 11 is 11.6. The average molecular weight is 431 g/mol. The number of halogens is 2. The fourth-order valence-corrected chi connectivity index (χ4v) is 4.06. The minimum absolute atomic E-state index is 0.289. The predicted octanol–water partition coefficient (Wildman–Crippen LogP) is 5.51. The number of carbonyl (C=O) groups excluding carboxylic acids is 2. The summed E-state index contributed by atoms with van der Waals surface area (Å²) in [6, 6.07) is 9.16. The lowest BCUT2D eigenvalue weighted by Gasteiger charge is -2.00. The van der Waals surface area contributed by atoms with Crippen LogP contribution in [0, 0.1) is 0 Å². The maximum Gasteiger partial charge on any atom is 0.293 e. The number of hydrogen-bond acceptors (Lipinski definition) is 5. The Labute approximate surface area is 154 Å². The highest BCUT2D eigenvalue weighted by molar-refractivity contribution is 9.10. The molecule has 8 heteroatoms. The first-order valence-corrected chi connectivity index (χ1v) is 9.19. The van der Waals surface area contributed by atoms with Gasteiger partial charge in [0, 0.05) is 23.0 Å². The predicted molar refractivity (Wildman–Crippen MR) is 95.7 cm³/mol.